The second-order valence-electron chi connectivity index (χ2n) is 4.63. The van der Waals surface area contributed by atoms with Crippen molar-refractivity contribution in [3.05, 3.63) is 68.9 Å². The van der Waals surface area contributed by atoms with Gasteiger partial charge in [-0.1, -0.05) is 40.2 Å². The van der Waals surface area contributed by atoms with Crippen LogP contribution in [0.1, 0.15) is 27.0 Å². The molecule has 3 heteroatoms. The summed E-state index contributed by atoms with van der Waals surface area (Å²) in [5.74, 6) is -0.628. The summed E-state index contributed by atoms with van der Waals surface area (Å²) in [5, 5.41) is 0. The minimum Gasteiger partial charge on any atom is -0.294 e. The second-order valence-corrected chi connectivity index (χ2v) is 5.48. The maximum absolute atomic E-state index is 13.9. The number of hydrogen-bond donors (Lipinski definition) is 0. The molecule has 0 saturated heterocycles. The maximum atomic E-state index is 13.9. The van der Waals surface area contributed by atoms with E-state index in [9.17, 15) is 9.18 Å². The van der Waals surface area contributed by atoms with Gasteiger partial charge in [0.1, 0.15) is 5.82 Å². The number of halogens is 2. The van der Waals surface area contributed by atoms with E-state index in [2.05, 4.69) is 15.9 Å². The number of rotatable bonds is 3. The molecule has 98 valence electrons. The van der Waals surface area contributed by atoms with Gasteiger partial charge in [-0.05, 0) is 42.7 Å². The molecule has 2 aromatic carbocycles. The zero-order valence-corrected chi connectivity index (χ0v) is 12.4. The van der Waals surface area contributed by atoms with Crippen molar-refractivity contribution in [1.82, 2.24) is 0 Å². The first-order valence-electron chi connectivity index (χ1n) is 6.02. The van der Waals surface area contributed by atoms with Crippen molar-refractivity contribution in [1.29, 1.82) is 0 Å². The van der Waals surface area contributed by atoms with E-state index in [1.54, 1.807) is 6.92 Å². The Morgan fingerprint density at radius 1 is 1.21 bits per heavy atom. The molecule has 0 amide bonds. The molecule has 0 bridgehead atoms. The fourth-order valence-corrected chi connectivity index (χ4v) is 2.60. The third-order valence-corrected chi connectivity index (χ3v) is 3.79. The Morgan fingerprint density at radius 2 is 1.89 bits per heavy atom. The highest BCUT2D eigenvalue weighted by molar-refractivity contribution is 9.10. The van der Waals surface area contributed by atoms with Crippen LogP contribution in [0.5, 0.6) is 0 Å². The van der Waals surface area contributed by atoms with Gasteiger partial charge in [-0.2, -0.15) is 0 Å². The lowest BCUT2D eigenvalue weighted by Gasteiger charge is -2.09. The van der Waals surface area contributed by atoms with Crippen molar-refractivity contribution < 1.29 is 9.18 Å². The molecule has 0 saturated carbocycles. The largest absolute Gasteiger partial charge is 0.294 e. The average Bonchev–Trinajstić information content (AvgIpc) is 2.30. The van der Waals surface area contributed by atoms with E-state index in [4.69, 9.17) is 0 Å². The molecule has 0 unspecified atom stereocenters. The van der Waals surface area contributed by atoms with Gasteiger partial charge in [-0.25, -0.2) is 4.39 Å². The topological polar surface area (TPSA) is 17.1 Å². The van der Waals surface area contributed by atoms with E-state index >= 15 is 0 Å². The molecule has 19 heavy (non-hydrogen) atoms. The molecule has 2 aromatic rings. The van der Waals surface area contributed by atoms with Crippen LogP contribution in [0.3, 0.4) is 0 Å². The summed E-state index contributed by atoms with van der Waals surface area (Å²) in [6, 6.07) is 10.7. The number of carbonyl (C=O) groups is 1. The molecule has 0 aliphatic heterocycles. The lowest BCUT2D eigenvalue weighted by atomic mass is 9.97. The Hall–Kier alpha value is -1.48. The van der Waals surface area contributed by atoms with Crippen molar-refractivity contribution in [2.24, 2.45) is 0 Å². The summed E-state index contributed by atoms with van der Waals surface area (Å²) < 4.78 is 14.8. The lowest BCUT2D eigenvalue weighted by Crippen LogP contribution is -2.09. The minimum atomic E-state index is -0.436. The SMILES string of the molecule is Cc1cc(C)c(C(=O)Cc2ccccc2Br)c(F)c1. The van der Waals surface area contributed by atoms with E-state index in [0.29, 0.717) is 5.56 Å². The standard InChI is InChI=1S/C16H14BrFO/c1-10-7-11(2)16(14(18)8-10)15(19)9-12-5-3-4-6-13(12)17/h3-8H,9H2,1-2H3. The highest BCUT2D eigenvalue weighted by Crippen LogP contribution is 2.21. The van der Waals surface area contributed by atoms with Crippen molar-refractivity contribution in [2.75, 3.05) is 0 Å². The number of carbonyl (C=O) groups excluding carboxylic acids is 1. The molecule has 0 atom stereocenters. The Kier molecular flexibility index (Phi) is 4.15. The van der Waals surface area contributed by atoms with E-state index in [-0.39, 0.29) is 17.8 Å². The Morgan fingerprint density at radius 3 is 2.53 bits per heavy atom. The molecule has 1 nitrogen and oxygen atoms in total. The Balaban J connectivity index is 2.34. The van der Waals surface area contributed by atoms with Gasteiger partial charge >= 0.3 is 0 Å². The number of aryl methyl sites for hydroxylation is 2. The van der Waals surface area contributed by atoms with Crippen LogP contribution in [-0.4, -0.2) is 5.78 Å². The molecule has 0 aliphatic carbocycles. The first-order valence-corrected chi connectivity index (χ1v) is 6.81. The third kappa shape index (κ3) is 3.10. The van der Waals surface area contributed by atoms with Crippen LogP contribution in [0.25, 0.3) is 0 Å². The fraction of sp³-hybridized carbons (Fsp3) is 0.188. The van der Waals surface area contributed by atoms with Gasteiger partial charge in [0.2, 0.25) is 0 Å². The summed E-state index contributed by atoms with van der Waals surface area (Å²) in [5.41, 5.74) is 2.58. The van der Waals surface area contributed by atoms with Gasteiger partial charge in [0, 0.05) is 10.9 Å². The van der Waals surface area contributed by atoms with Crippen LogP contribution in [-0.2, 0) is 6.42 Å². The highest BCUT2D eigenvalue weighted by atomic mass is 79.9. The molecule has 0 N–H and O–H groups in total. The van der Waals surface area contributed by atoms with E-state index in [1.807, 2.05) is 37.3 Å². The van der Waals surface area contributed by atoms with Gasteiger partial charge in [-0.15, -0.1) is 0 Å². The first-order chi connectivity index (χ1) is 8.99. The molecule has 0 aliphatic rings. The Bertz CT molecular complexity index is 611. The van der Waals surface area contributed by atoms with Crippen LogP contribution in [0.2, 0.25) is 0 Å². The van der Waals surface area contributed by atoms with Gasteiger partial charge in [0.15, 0.2) is 5.78 Å². The summed E-state index contributed by atoms with van der Waals surface area (Å²) in [6.45, 7) is 3.58. The monoisotopic (exact) mass is 320 g/mol. The van der Waals surface area contributed by atoms with Crippen LogP contribution in [0.15, 0.2) is 40.9 Å². The summed E-state index contributed by atoms with van der Waals surface area (Å²) in [6.07, 6.45) is 0.197. The molecular formula is C16H14BrFO. The van der Waals surface area contributed by atoms with Crippen molar-refractivity contribution in [3.8, 4) is 0 Å². The smallest absolute Gasteiger partial charge is 0.170 e. The predicted octanol–water partition coefficient (Wildman–Crippen LogP) is 4.63. The van der Waals surface area contributed by atoms with Gasteiger partial charge < -0.3 is 0 Å². The number of benzene rings is 2. The Labute approximate surface area is 120 Å². The maximum Gasteiger partial charge on any atom is 0.170 e. The molecule has 0 spiro atoms. The minimum absolute atomic E-state index is 0.193. The molecule has 2 rings (SSSR count). The van der Waals surface area contributed by atoms with Gasteiger partial charge in [0.05, 0.1) is 5.56 Å². The fourth-order valence-electron chi connectivity index (χ4n) is 2.17. The molecule has 0 heterocycles. The molecule has 0 radical (unpaired) electrons. The zero-order valence-electron chi connectivity index (χ0n) is 10.8. The van der Waals surface area contributed by atoms with Crippen molar-refractivity contribution in [3.63, 3.8) is 0 Å². The summed E-state index contributed by atoms with van der Waals surface area (Å²) in [4.78, 5) is 12.3. The van der Waals surface area contributed by atoms with Crippen LogP contribution in [0.4, 0.5) is 4.39 Å². The van der Waals surface area contributed by atoms with Crippen molar-refractivity contribution >= 4 is 21.7 Å². The van der Waals surface area contributed by atoms with Crippen LogP contribution >= 0.6 is 15.9 Å². The quantitative estimate of drug-likeness (QED) is 0.753. The van der Waals surface area contributed by atoms with E-state index in [0.717, 1.165) is 15.6 Å². The zero-order chi connectivity index (χ0) is 14.0. The van der Waals surface area contributed by atoms with E-state index < -0.39 is 5.82 Å². The van der Waals surface area contributed by atoms with Gasteiger partial charge in [-0.3, -0.25) is 4.79 Å². The third-order valence-electron chi connectivity index (χ3n) is 3.02. The number of ketones is 1. The van der Waals surface area contributed by atoms with E-state index in [1.165, 1.54) is 6.07 Å². The number of hydrogen-bond acceptors (Lipinski definition) is 1. The summed E-state index contributed by atoms with van der Waals surface area (Å²) in [7, 11) is 0. The van der Waals surface area contributed by atoms with Crippen molar-refractivity contribution in [2.45, 2.75) is 20.3 Å². The highest BCUT2D eigenvalue weighted by Gasteiger charge is 2.16. The average molecular weight is 321 g/mol. The number of Topliss-reactive ketones (excluding diaryl/α,β-unsaturated/α-hetero) is 1. The first kappa shape index (κ1) is 13.9. The van der Waals surface area contributed by atoms with Crippen LogP contribution in [0, 0.1) is 19.7 Å². The predicted molar refractivity (Wildman–Crippen MR) is 78.1 cm³/mol. The molecule has 0 aromatic heterocycles. The summed E-state index contributed by atoms with van der Waals surface area (Å²) >= 11 is 3.40. The normalized spacial score (nSPS) is 10.5. The van der Waals surface area contributed by atoms with Gasteiger partial charge in [0.25, 0.3) is 0 Å². The molecule has 0 fully saturated rings. The molecular weight excluding hydrogens is 307 g/mol. The lowest BCUT2D eigenvalue weighted by molar-refractivity contribution is 0.0988. The van der Waals surface area contributed by atoms with Crippen LogP contribution < -0.4 is 0 Å². The second kappa shape index (κ2) is 5.66.